The molecule has 10 nitrogen and oxygen atoms in total. The second kappa shape index (κ2) is 11.1. The molecule has 0 amide bonds. The maximum Gasteiger partial charge on any atom is 0.350 e. The number of ether oxygens (including phenoxy) is 1. The summed E-state index contributed by atoms with van der Waals surface area (Å²) < 4.78 is 8.23. The van der Waals surface area contributed by atoms with E-state index in [0.717, 1.165) is 54.8 Å². The Labute approximate surface area is 232 Å². The molecule has 4 heterocycles. The third-order valence-electron chi connectivity index (χ3n) is 7.04. The van der Waals surface area contributed by atoms with Crippen molar-refractivity contribution in [3.63, 3.8) is 0 Å². The Morgan fingerprint density at radius 2 is 1.67 bits per heavy atom. The van der Waals surface area contributed by atoms with Crippen LogP contribution in [0.25, 0.3) is 5.69 Å². The molecule has 39 heavy (non-hydrogen) atoms. The van der Waals surface area contributed by atoms with E-state index in [4.69, 9.17) is 21.3 Å². The lowest BCUT2D eigenvalue weighted by Crippen LogP contribution is -2.47. The second-order valence-electron chi connectivity index (χ2n) is 9.68. The summed E-state index contributed by atoms with van der Waals surface area (Å²) in [6.45, 7) is 9.05. The van der Waals surface area contributed by atoms with E-state index in [2.05, 4.69) is 25.9 Å². The minimum Gasteiger partial charge on any atom is -0.495 e. The van der Waals surface area contributed by atoms with Gasteiger partial charge in [0.2, 0.25) is 0 Å². The van der Waals surface area contributed by atoms with E-state index < -0.39 is 6.10 Å². The molecule has 1 saturated heterocycles. The molecule has 1 fully saturated rings. The second-order valence-corrected chi connectivity index (χ2v) is 10.1. The number of hydrogen-bond donors (Lipinski definition) is 1. The SMILES string of the molecule is COc1c(C)cc(N2CCN(c3ccc(-n4c(C)nn(CC(O)c5ccc(Cl)cc5)c4=O)cn3)CC2)nc1C. The highest BCUT2D eigenvalue weighted by Crippen LogP contribution is 2.27. The minimum absolute atomic E-state index is 0.0339. The number of halogens is 1. The van der Waals surface area contributed by atoms with Crippen molar-refractivity contribution in [2.24, 2.45) is 0 Å². The molecule has 4 aromatic rings. The van der Waals surface area contributed by atoms with Crippen LogP contribution >= 0.6 is 11.6 Å². The predicted octanol–water partition coefficient (Wildman–Crippen LogP) is 3.47. The van der Waals surface area contributed by atoms with Gasteiger partial charge in [0.05, 0.1) is 37.3 Å². The van der Waals surface area contributed by atoms with Crippen LogP contribution in [0.1, 0.15) is 28.7 Å². The Kier molecular flexibility index (Phi) is 7.58. The molecule has 204 valence electrons. The largest absolute Gasteiger partial charge is 0.495 e. The van der Waals surface area contributed by atoms with Crippen LogP contribution in [0.2, 0.25) is 5.02 Å². The topological polar surface area (TPSA) is 102 Å². The van der Waals surface area contributed by atoms with Gasteiger partial charge in [0, 0.05) is 31.2 Å². The number of anilines is 2. The zero-order chi connectivity index (χ0) is 27.7. The summed E-state index contributed by atoms with van der Waals surface area (Å²) in [4.78, 5) is 27.0. The Morgan fingerprint density at radius 1 is 1.00 bits per heavy atom. The van der Waals surface area contributed by atoms with Crippen molar-refractivity contribution in [2.75, 3.05) is 43.1 Å². The molecule has 0 spiro atoms. The van der Waals surface area contributed by atoms with E-state index in [1.807, 2.05) is 26.0 Å². The lowest BCUT2D eigenvalue weighted by Gasteiger charge is -2.36. The number of piperazine rings is 1. The molecule has 1 unspecified atom stereocenters. The summed E-state index contributed by atoms with van der Waals surface area (Å²) in [5.41, 5.74) is 2.92. The normalized spacial score (nSPS) is 14.5. The first-order chi connectivity index (χ1) is 18.7. The van der Waals surface area contributed by atoms with Crippen molar-refractivity contribution >= 4 is 23.2 Å². The first-order valence-corrected chi connectivity index (χ1v) is 13.2. The minimum atomic E-state index is -0.886. The Balaban J connectivity index is 1.26. The first kappa shape index (κ1) is 26.7. The number of hydrogen-bond acceptors (Lipinski definition) is 8. The van der Waals surface area contributed by atoms with E-state index >= 15 is 0 Å². The number of rotatable bonds is 7. The van der Waals surface area contributed by atoms with Crippen LogP contribution < -0.4 is 20.2 Å². The van der Waals surface area contributed by atoms with Crippen molar-refractivity contribution < 1.29 is 9.84 Å². The lowest BCUT2D eigenvalue weighted by molar-refractivity contribution is 0.149. The number of aromatic nitrogens is 5. The quantitative estimate of drug-likeness (QED) is 0.374. The summed E-state index contributed by atoms with van der Waals surface area (Å²) in [5, 5.41) is 15.5. The number of aliphatic hydroxyl groups excluding tert-OH is 1. The highest BCUT2D eigenvalue weighted by atomic mass is 35.5. The van der Waals surface area contributed by atoms with Crippen LogP contribution in [0, 0.1) is 20.8 Å². The third-order valence-corrected chi connectivity index (χ3v) is 7.29. The molecule has 3 aromatic heterocycles. The van der Waals surface area contributed by atoms with Crippen LogP contribution in [-0.4, -0.2) is 62.7 Å². The highest BCUT2D eigenvalue weighted by Gasteiger charge is 2.21. The van der Waals surface area contributed by atoms with Gasteiger partial charge in [-0.2, -0.15) is 5.10 Å². The molecule has 1 atom stereocenters. The van der Waals surface area contributed by atoms with Crippen LogP contribution in [0.15, 0.2) is 53.5 Å². The standard InChI is InChI=1S/C28H32ClN7O3/c1-18-15-26(31-19(2)27(18)39-4)34-13-11-33(12-14-34)25-10-9-23(16-30-25)36-20(3)32-35(28(36)38)17-24(37)21-5-7-22(29)8-6-21/h5-10,15-16,24,37H,11-14,17H2,1-4H3. The fourth-order valence-electron chi connectivity index (χ4n) is 5.02. The first-order valence-electron chi connectivity index (χ1n) is 12.8. The smallest absolute Gasteiger partial charge is 0.350 e. The van der Waals surface area contributed by atoms with Crippen molar-refractivity contribution in [2.45, 2.75) is 33.4 Å². The maximum atomic E-state index is 13.1. The molecule has 5 rings (SSSR count). The number of pyridine rings is 2. The summed E-state index contributed by atoms with van der Waals surface area (Å²) in [6, 6.07) is 12.8. The zero-order valence-corrected chi connectivity index (χ0v) is 23.3. The predicted molar refractivity (Wildman–Crippen MR) is 151 cm³/mol. The van der Waals surface area contributed by atoms with Gasteiger partial charge >= 0.3 is 5.69 Å². The summed E-state index contributed by atoms with van der Waals surface area (Å²) in [6.07, 6.45) is 0.804. The average molecular weight is 550 g/mol. The molecule has 0 aliphatic carbocycles. The summed E-state index contributed by atoms with van der Waals surface area (Å²) in [5.74, 6) is 3.16. The van der Waals surface area contributed by atoms with Gasteiger partial charge in [-0.25, -0.2) is 24.0 Å². The van der Waals surface area contributed by atoms with Crippen LogP contribution in [0.3, 0.4) is 0 Å². The third kappa shape index (κ3) is 5.48. The Hall–Kier alpha value is -3.89. The van der Waals surface area contributed by atoms with Crippen molar-refractivity contribution in [1.29, 1.82) is 0 Å². The fraction of sp³-hybridized carbons (Fsp3) is 0.357. The number of aliphatic hydroxyl groups is 1. The van der Waals surface area contributed by atoms with Gasteiger partial charge in [-0.3, -0.25) is 0 Å². The maximum absolute atomic E-state index is 13.1. The van der Waals surface area contributed by atoms with Crippen LogP contribution in [-0.2, 0) is 6.54 Å². The molecule has 0 saturated carbocycles. The number of aryl methyl sites for hydroxylation is 3. The molecule has 0 bridgehead atoms. The van der Waals surface area contributed by atoms with E-state index in [1.165, 1.54) is 9.25 Å². The fourth-order valence-corrected chi connectivity index (χ4v) is 5.14. The van der Waals surface area contributed by atoms with Gasteiger partial charge in [-0.05, 0) is 62.2 Å². The summed E-state index contributed by atoms with van der Waals surface area (Å²) in [7, 11) is 1.67. The van der Waals surface area contributed by atoms with Gasteiger partial charge in [0.1, 0.15) is 23.2 Å². The molecular formula is C28H32ClN7O3. The summed E-state index contributed by atoms with van der Waals surface area (Å²) >= 11 is 5.94. The molecule has 1 aliphatic heterocycles. The monoisotopic (exact) mass is 549 g/mol. The van der Waals surface area contributed by atoms with Gasteiger partial charge in [0.25, 0.3) is 0 Å². The van der Waals surface area contributed by atoms with E-state index in [1.54, 1.807) is 44.5 Å². The number of benzene rings is 1. The average Bonchev–Trinajstić information content (AvgIpc) is 3.21. The van der Waals surface area contributed by atoms with E-state index in [0.29, 0.717) is 22.1 Å². The van der Waals surface area contributed by atoms with Crippen molar-refractivity contribution in [3.05, 3.63) is 86.8 Å². The van der Waals surface area contributed by atoms with E-state index in [9.17, 15) is 9.90 Å². The lowest BCUT2D eigenvalue weighted by atomic mass is 10.1. The Morgan fingerprint density at radius 3 is 2.26 bits per heavy atom. The van der Waals surface area contributed by atoms with Crippen LogP contribution in [0.4, 0.5) is 11.6 Å². The molecule has 1 aromatic carbocycles. The zero-order valence-electron chi connectivity index (χ0n) is 22.5. The molecular weight excluding hydrogens is 518 g/mol. The molecule has 0 radical (unpaired) electrons. The van der Waals surface area contributed by atoms with Gasteiger partial charge in [0.15, 0.2) is 0 Å². The number of methoxy groups -OCH3 is 1. The molecule has 1 aliphatic rings. The van der Waals surface area contributed by atoms with E-state index in [-0.39, 0.29) is 12.2 Å². The van der Waals surface area contributed by atoms with Gasteiger partial charge < -0.3 is 19.6 Å². The number of nitrogens with zero attached hydrogens (tertiary/aromatic N) is 7. The molecule has 1 N–H and O–H groups in total. The van der Waals surface area contributed by atoms with Gasteiger partial charge in [-0.15, -0.1) is 0 Å². The van der Waals surface area contributed by atoms with Crippen molar-refractivity contribution in [1.82, 2.24) is 24.3 Å². The van der Waals surface area contributed by atoms with Gasteiger partial charge in [-0.1, -0.05) is 23.7 Å². The molecule has 11 heteroatoms. The Bertz CT molecular complexity index is 1480. The van der Waals surface area contributed by atoms with Crippen LogP contribution in [0.5, 0.6) is 5.75 Å². The highest BCUT2D eigenvalue weighted by molar-refractivity contribution is 6.30. The van der Waals surface area contributed by atoms with Crippen molar-refractivity contribution in [3.8, 4) is 11.4 Å².